The average molecular weight is 307 g/mol. The maximum Gasteiger partial charge on any atom is 0.224 e. The van der Waals surface area contributed by atoms with E-state index >= 15 is 0 Å². The average Bonchev–Trinajstić information content (AvgIpc) is 3.26. The fourth-order valence-corrected chi connectivity index (χ4v) is 2.26. The van der Waals surface area contributed by atoms with Crippen LogP contribution in [0.5, 0.6) is 0 Å². The topological polar surface area (TPSA) is 61.4 Å². The van der Waals surface area contributed by atoms with Crippen LogP contribution in [0.25, 0.3) is 0 Å². The van der Waals surface area contributed by atoms with Crippen LogP contribution in [0.3, 0.4) is 0 Å². The first-order chi connectivity index (χ1) is 10.5. The molecule has 2 rings (SSSR count). The first-order valence-electron chi connectivity index (χ1n) is 7.42. The van der Waals surface area contributed by atoms with Crippen LogP contribution in [0.2, 0.25) is 0 Å². The summed E-state index contributed by atoms with van der Waals surface area (Å²) in [5.41, 5.74) is 0.448. The predicted molar refractivity (Wildman–Crippen MR) is 81.4 cm³/mol. The molecule has 2 amide bonds. The van der Waals surface area contributed by atoms with Crippen molar-refractivity contribution in [1.29, 1.82) is 0 Å². The molecule has 120 valence electrons. The van der Waals surface area contributed by atoms with Crippen molar-refractivity contribution in [1.82, 2.24) is 15.5 Å². The lowest BCUT2D eigenvalue weighted by Gasteiger charge is -2.10. The molecule has 0 heterocycles. The molecule has 1 aliphatic carbocycles. The third-order valence-electron chi connectivity index (χ3n) is 3.73. The number of nitrogens with zero attached hydrogens (tertiary/aromatic N) is 1. The lowest BCUT2D eigenvalue weighted by molar-refractivity contribution is -0.127. The van der Waals surface area contributed by atoms with E-state index in [1.165, 1.54) is 6.07 Å². The second kappa shape index (κ2) is 7.35. The maximum atomic E-state index is 13.4. The number of nitrogens with one attached hydrogen (secondary N) is 2. The molecule has 0 radical (unpaired) electrons. The molecule has 0 aliphatic heterocycles. The van der Waals surface area contributed by atoms with Crippen molar-refractivity contribution in [3.63, 3.8) is 0 Å². The lowest BCUT2D eigenvalue weighted by Crippen LogP contribution is -2.34. The molecule has 0 saturated heterocycles. The van der Waals surface area contributed by atoms with Crippen LogP contribution >= 0.6 is 0 Å². The van der Waals surface area contributed by atoms with Gasteiger partial charge in [0.2, 0.25) is 11.8 Å². The molecular formula is C16H22FN3O2. The Hall–Kier alpha value is -1.95. The molecule has 1 aliphatic rings. The van der Waals surface area contributed by atoms with Crippen molar-refractivity contribution in [2.75, 3.05) is 27.2 Å². The SMILES string of the molecule is CN(C)CCNC(=O)C1CC1C(=O)NCc1ccccc1F. The molecule has 1 fully saturated rings. The molecule has 1 saturated carbocycles. The minimum Gasteiger partial charge on any atom is -0.355 e. The highest BCUT2D eigenvalue weighted by atomic mass is 19.1. The van der Waals surface area contributed by atoms with Gasteiger partial charge in [0, 0.05) is 25.2 Å². The standard InChI is InChI=1S/C16H22FN3O2/c1-20(2)8-7-18-15(21)12-9-13(12)16(22)19-10-11-5-3-4-6-14(11)17/h3-6,12-13H,7-10H2,1-2H3,(H,18,21)(H,19,22). The Morgan fingerprint density at radius 2 is 1.82 bits per heavy atom. The number of rotatable bonds is 7. The van der Waals surface area contributed by atoms with Crippen LogP contribution in [0.1, 0.15) is 12.0 Å². The van der Waals surface area contributed by atoms with Crippen molar-refractivity contribution in [2.24, 2.45) is 11.8 Å². The quantitative estimate of drug-likeness (QED) is 0.782. The van der Waals surface area contributed by atoms with E-state index in [9.17, 15) is 14.0 Å². The molecule has 0 bridgehead atoms. The van der Waals surface area contributed by atoms with Crippen LogP contribution in [-0.2, 0) is 16.1 Å². The third-order valence-corrected chi connectivity index (χ3v) is 3.73. The number of benzene rings is 1. The van der Waals surface area contributed by atoms with Crippen molar-refractivity contribution in [3.8, 4) is 0 Å². The van der Waals surface area contributed by atoms with Crippen molar-refractivity contribution in [2.45, 2.75) is 13.0 Å². The van der Waals surface area contributed by atoms with E-state index in [1.807, 2.05) is 19.0 Å². The second-order valence-electron chi connectivity index (χ2n) is 5.85. The summed E-state index contributed by atoms with van der Waals surface area (Å²) in [6.45, 7) is 1.49. The van der Waals surface area contributed by atoms with Gasteiger partial charge in [0.1, 0.15) is 5.82 Å². The molecular weight excluding hydrogens is 285 g/mol. The van der Waals surface area contributed by atoms with Gasteiger partial charge in [-0.15, -0.1) is 0 Å². The van der Waals surface area contributed by atoms with Gasteiger partial charge in [-0.1, -0.05) is 18.2 Å². The largest absolute Gasteiger partial charge is 0.355 e. The first-order valence-corrected chi connectivity index (χ1v) is 7.42. The highest BCUT2D eigenvalue weighted by molar-refractivity contribution is 5.92. The zero-order valence-electron chi connectivity index (χ0n) is 12.9. The number of amides is 2. The molecule has 6 heteroatoms. The molecule has 0 spiro atoms. The number of hydrogen-bond donors (Lipinski definition) is 2. The summed E-state index contributed by atoms with van der Waals surface area (Å²) in [4.78, 5) is 25.8. The Kier molecular flexibility index (Phi) is 5.49. The second-order valence-corrected chi connectivity index (χ2v) is 5.85. The van der Waals surface area contributed by atoms with Gasteiger partial charge in [-0.2, -0.15) is 0 Å². The molecule has 5 nitrogen and oxygen atoms in total. The summed E-state index contributed by atoms with van der Waals surface area (Å²) in [6, 6.07) is 6.33. The first kappa shape index (κ1) is 16.4. The number of likely N-dealkylation sites (N-methyl/N-ethyl adjacent to an activating group) is 1. The van der Waals surface area contributed by atoms with E-state index in [1.54, 1.807) is 18.2 Å². The van der Waals surface area contributed by atoms with Crippen LogP contribution in [0.15, 0.2) is 24.3 Å². The van der Waals surface area contributed by atoms with Gasteiger partial charge in [-0.05, 0) is 26.6 Å². The van der Waals surface area contributed by atoms with Gasteiger partial charge in [0.15, 0.2) is 0 Å². The molecule has 22 heavy (non-hydrogen) atoms. The Bertz CT molecular complexity index is 548. The van der Waals surface area contributed by atoms with Crippen molar-refractivity contribution >= 4 is 11.8 Å². The third kappa shape index (κ3) is 4.53. The minimum atomic E-state index is -0.337. The normalized spacial score (nSPS) is 19.8. The van der Waals surface area contributed by atoms with E-state index in [0.717, 1.165) is 6.54 Å². The number of hydrogen-bond acceptors (Lipinski definition) is 3. The summed E-state index contributed by atoms with van der Waals surface area (Å²) in [7, 11) is 3.87. The molecule has 2 atom stereocenters. The van der Waals surface area contributed by atoms with Crippen molar-refractivity contribution in [3.05, 3.63) is 35.6 Å². The molecule has 1 aromatic carbocycles. The lowest BCUT2D eigenvalue weighted by atomic mass is 10.2. The summed E-state index contributed by atoms with van der Waals surface area (Å²) < 4.78 is 13.4. The summed E-state index contributed by atoms with van der Waals surface area (Å²) in [5.74, 6) is -1.13. The monoisotopic (exact) mass is 307 g/mol. The van der Waals surface area contributed by atoms with Gasteiger partial charge >= 0.3 is 0 Å². The van der Waals surface area contributed by atoms with E-state index < -0.39 is 0 Å². The van der Waals surface area contributed by atoms with E-state index in [4.69, 9.17) is 0 Å². The van der Waals surface area contributed by atoms with Crippen LogP contribution in [0.4, 0.5) is 4.39 Å². The van der Waals surface area contributed by atoms with Crippen LogP contribution in [-0.4, -0.2) is 43.9 Å². The predicted octanol–water partition coefficient (Wildman–Crippen LogP) is 0.756. The number of carbonyl (C=O) groups excluding carboxylic acids is 2. The Morgan fingerprint density at radius 3 is 2.45 bits per heavy atom. The van der Waals surface area contributed by atoms with Gasteiger partial charge in [-0.3, -0.25) is 9.59 Å². The van der Waals surface area contributed by atoms with Gasteiger partial charge in [0.25, 0.3) is 0 Å². The van der Waals surface area contributed by atoms with Crippen LogP contribution < -0.4 is 10.6 Å². The van der Waals surface area contributed by atoms with Gasteiger partial charge < -0.3 is 15.5 Å². The summed E-state index contributed by atoms with van der Waals surface area (Å²) >= 11 is 0. The zero-order valence-corrected chi connectivity index (χ0v) is 12.9. The van der Waals surface area contributed by atoms with E-state index in [2.05, 4.69) is 10.6 Å². The Balaban J connectivity index is 1.72. The molecule has 0 aromatic heterocycles. The Morgan fingerprint density at radius 1 is 1.18 bits per heavy atom. The zero-order chi connectivity index (χ0) is 16.1. The highest BCUT2D eigenvalue weighted by Gasteiger charge is 2.47. The van der Waals surface area contributed by atoms with E-state index in [0.29, 0.717) is 18.5 Å². The number of carbonyl (C=O) groups is 2. The Labute approximate surface area is 129 Å². The summed E-state index contributed by atoms with van der Waals surface area (Å²) in [6.07, 6.45) is 0.566. The fraction of sp³-hybridized carbons (Fsp3) is 0.500. The number of halogens is 1. The smallest absolute Gasteiger partial charge is 0.224 e. The van der Waals surface area contributed by atoms with Crippen molar-refractivity contribution < 1.29 is 14.0 Å². The van der Waals surface area contributed by atoms with Gasteiger partial charge in [-0.25, -0.2) is 4.39 Å². The van der Waals surface area contributed by atoms with Crippen LogP contribution in [0, 0.1) is 17.7 Å². The summed E-state index contributed by atoms with van der Waals surface area (Å²) in [5, 5.41) is 5.52. The van der Waals surface area contributed by atoms with Gasteiger partial charge in [0.05, 0.1) is 11.8 Å². The molecule has 2 unspecified atom stereocenters. The minimum absolute atomic E-state index is 0.0760. The maximum absolute atomic E-state index is 13.4. The molecule has 1 aromatic rings. The van der Waals surface area contributed by atoms with E-state index in [-0.39, 0.29) is 36.0 Å². The highest BCUT2D eigenvalue weighted by Crippen LogP contribution is 2.38. The molecule has 2 N–H and O–H groups in total. The fourth-order valence-electron chi connectivity index (χ4n) is 2.26.